The first-order chi connectivity index (χ1) is 12.8. The quantitative estimate of drug-likeness (QED) is 0.686. The molecular formula is C20H29N3O3S. The molecule has 2 N–H and O–H groups in total. The summed E-state index contributed by atoms with van der Waals surface area (Å²) >= 11 is 1.68. The van der Waals surface area contributed by atoms with Gasteiger partial charge in [-0.15, -0.1) is 11.3 Å². The Hall–Kier alpha value is -2.12. The maximum absolute atomic E-state index is 11.5. The monoisotopic (exact) mass is 391 g/mol. The highest BCUT2D eigenvalue weighted by atomic mass is 32.1. The first-order valence-corrected chi connectivity index (χ1v) is 9.93. The van der Waals surface area contributed by atoms with Crippen LogP contribution in [-0.4, -0.2) is 31.2 Å². The molecule has 6 nitrogen and oxygen atoms in total. The Morgan fingerprint density at radius 1 is 1.22 bits per heavy atom. The van der Waals surface area contributed by atoms with Gasteiger partial charge in [-0.3, -0.25) is 4.79 Å². The van der Waals surface area contributed by atoms with E-state index in [1.807, 2.05) is 25.1 Å². The second-order valence-electron chi connectivity index (χ2n) is 7.21. The number of carbonyl (C=O) groups is 1. The summed E-state index contributed by atoms with van der Waals surface area (Å²) in [5.74, 6) is 1.02. The lowest BCUT2D eigenvalue weighted by atomic mass is 9.93. The highest BCUT2D eigenvalue weighted by molar-refractivity contribution is 7.09. The summed E-state index contributed by atoms with van der Waals surface area (Å²) in [5, 5.41) is 9.31. The van der Waals surface area contributed by atoms with E-state index < -0.39 is 0 Å². The zero-order valence-electron chi connectivity index (χ0n) is 16.7. The number of nitrogens with zero attached hydrogens (tertiary/aromatic N) is 1. The normalized spacial score (nSPS) is 11.3. The van der Waals surface area contributed by atoms with Crippen LogP contribution < -0.4 is 20.1 Å². The van der Waals surface area contributed by atoms with Gasteiger partial charge in [-0.1, -0.05) is 26.8 Å². The third-order valence-corrected chi connectivity index (χ3v) is 4.74. The average molecular weight is 392 g/mol. The van der Waals surface area contributed by atoms with Crippen molar-refractivity contribution in [2.45, 2.75) is 46.2 Å². The molecule has 0 aliphatic carbocycles. The zero-order chi connectivity index (χ0) is 19.9. The van der Waals surface area contributed by atoms with Gasteiger partial charge >= 0.3 is 0 Å². The van der Waals surface area contributed by atoms with Gasteiger partial charge in [0.05, 0.1) is 12.8 Å². The fourth-order valence-electron chi connectivity index (χ4n) is 2.38. The van der Waals surface area contributed by atoms with Crippen molar-refractivity contribution in [3.63, 3.8) is 0 Å². The Morgan fingerprint density at radius 3 is 2.63 bits per heavy atom. The number of nitrogens with one attached hydrogen (secondary N) is 2. The van der Waals surface area contributed by atoms with E-state index in [9.17, 15) is 4.79 Å². The van der Waals surface area contributed by atoms with Gasteiger partial charge in [0, 0.05) is 30.4 Å². The zero-order valence-corrected chi connectivity index (χ0v) is 17.5. The topological polar surface area (TPSA) is 72.5 Å². The summed E-state index contributed by atoms with van der Waals surface area (Å²) in [7, 11) is 1.59. The van der Waals surface area contributed by atoms with Gasteiger partial charge in [0.2, 0.25) is 0 Å². The predicted molar refractivity (Wildman–Crippen MR) is 109 cm³/mol. The van der Waals surface area contributed by atoms with E-state index in [4.69, 9.17) is 9.47 Å². The van der Waals surface area contributed by atoms with Crippen LogP contribution in [0, 0.1) is 0 Å². The predicted octanol–water partition coefficient (Wildman–Crippen LogP) is 3.25. The number of likely N-dealkylation sites (N-methyl/N-ethyl adjacent to an activating group) is 1. The van der Waals surface area contributed by atoms with Crippen LogP contribution in [-0.2, 0) is 23.3 Å². The van der Waals surface area contributed by atoms with Crippen molar-refractivity contribution in [3.05, 3.63) is 39.8 Å². The minimum absolute atomic E-state index is 0.0258. The first-order valence-electron chi connectivity index (χ1n) is 9.05. The standard InChI is InChI=1S/C20H29N3O3S/c1-6-22-18(24)12-26-15-8-7-14(9-16(15)25-5)10-21-11-19-23-17(13-27-19)20(2,3)4/h7-9,13,21H,6,10-12H2,1-5H3,(H,22,24). The number of carbonyl (C=O) groups excluding carboxylic acids is 1. The van der Waals surface area contributed by atoms with E-state index in [1.54, 1.807) is 18.4 Å². The molecule has 0 fully saturated rings. The van der Waals surface area contributed by atoms with Gasteiger partial charge in [0.1, 0.15) is 5.01 Å². The maximum Gasteiger partial charge on any atom is 0.257 e. The van der Waals surface area contributed by atoms with E-state index in [-0.39, 0.29) is 17.9 Å². The van der Waals surface area contributed by atoms with Crippen LogP contribution in [0.3, 0.4) is 0 Å². The van der Waals surface area contributed by atoms with Crippen LogP contribution >= 0.6 is 11.3 Å². The van der Waals surface area contributed by atoms with Crippen molar-refractivity contribution >= 4 is 17.2 Å². The molecule has 2 aromatic rings. The number of hydrogen-bond acceptors (Lipinski definition) is 6. The molecule has 1 aromatic carbocycles. The molecule has 0 atom stereocenters. The molecule has 0 unspecified atom stereocenters. The third kappa shape index (κ3) is 6.52. The van der Waals surface area contributed by atoms with Crippen molar-refractivity contribution in [1.82, 2.24) is 15.6 Å². The lowest BCUT2D eigenvalue weighted by Crippen LogP contribution is -2.28. The van der Waals surface area contributed by atoms with E-state index >= 15 is 0 Å². The van der Waals surface area contributed by atoms with Gasteiger partial charge in [0.25, 0.3) is 5.91 Å². The van der Waals surface area contributed by atoms with Crippen molar-refractivity contribution in [2.75, 3.05) is 20.3 Å². The Labute approximate surface area is 165 Å². The molecular weight excluding hydrogens is 362 g/mol. The number of aromatic nitrogens is 1. The van der Waals surface area contributed by atoms with E-state index in [2.05, 4.69) is 41.8 Å². The molecule has 148 valence electrons. The number of rotatable bonds is 9. The molecule has 0 saturated heterocycles. The smallest absolute Gasteiger partial charge is 0.257 e. The van der Waals surface area contributed by atoms with Gasteiger partial charge in [-0.25, -0.2) is 4.98 Å². The second kappa shape index (κ2) is 9.71. The van der Waals surface area contributed by atoms with Crippen molar-refractivity contribution in [2.24, 2.45) is 0 Å². The van der Waals surface area contributed by atoms with Crippen LogP contribution in [0.2, 0.25) is 0 Å². The molecule has 1 heterocycles. The molecule has 0 aliphatic rings. The number of hydrogen-bond donors (Lipinski definition) is 2. The van der Waals surface area contributed by atoms with E-state index in [0.717, 1.165) is 22.8 Å². The van der Waals surface area contributed by atoms with Crippen LogP contribution in [0.15, 0.2) is 23.6 Å². The SMILES string of the molecule is CCNC(=O)COc1ccc(CNCc2nc(C(C)(C)C)cs2)cc1OC. The highest BCUT2D eigenvalue weighted by Gasteiger charge is 2.17. The molecule has 0 spiro atoms. The molecule has 0 bridgehead atoms. The van der Waals surface area contributed by atoms with Crippen LogP contribution in [0.25, 0.3) is 0 Å². The number of thiazole rings is 1. The van der Waals surface area contributed by atoms with Gasteiger partial charge in [-0.05, 0) is 24.6 Å². The van der Waals surface area contributed by atoms with Gasteiger partial charge in [0.15, 0.2) is 18.1 Å². The summed E-state index contributed by atoms with van der Waals surface area (Å²) in [6.07, 6.45) is 0. The van der Waals surface area contributed by atoms with E-state index in [1.165, 1.54) is 0 Å². The molecule has 0 saturated carbocycles. The van der Waals surface area contributed by atoms with Gasteiger partial charge in [-0.2, -0.15) is 0 Å². The molecule has 0 radical (unpaired) electrons. The average Bonchev–Trinajstić information content (AvgIpc) is 3.10. The Morgan fingerprint density at radius 2 is 2.00 bits per heavy atom. The fourth-order valence-corrected chi connectivity index (χ4v) is 3.37. The van der Waals surface area contributed by atoms with Crippen LogP contribution in [0.5, 0.6) is 11.5 Å². The second-order valence-corrected chi connectivity index (χ2v) is 8.15. The number of ether oxygens (including phenoxy) is 2. The van der Waals surface area contributed by atoms with Crippen molar-refractivity contribution in [3.8, 4) is 11.5 Å². The van der Waals surface area contributed by atoms with Gasteiger partial charge < -0.3 is 20.1 Å². The lowest BCUT2D eigenvalue weighted by Gasteiger charge is -2.14. The highest BCUT2D eigenvalue weighted by Crippen LogP contribution is 2.28. The lowest BCUT2D eigenvalue weighted by molar-refractivity contribution is -0.123. The minimum atomic E-state index is -0.150. The fraction of sp³-hybridized carbons (Fsp3) is 0.500. The summed E-state index contributed by atoms with van der Waals surface area (Å²) in [6, 6.07) is 5.71. The summed E-state index contributed by atoms with van der Waals surface area (Å²) in [4.78, 5) is 16.2. The first kappa shape index (κ1) is 21.2. The summed E-state index contributed by atoms with van der Waals surface area (Å²) in [6.45, 7) is 10.3. The largest absolute Gasteiger partial charge is 0.493 e. The molecule has 2 rings (SSSR count). The summed E-state index contributed by atoms with van der Waals surface area (Å²) < 4.78 is 10.9. The molecule has 7 heteroatoms. The van der Waals surface area contributed by atoms with Crippen molar-refractivity contribution in [1.29, 1.82) is 0 Å². The number of benzene rings is 1. The molecule has 1 aromatic heterocycles. The van der Waals surface area contributed by atoms with Crippen LogP contribution in [0.1, 0.15) is 44.0 Å². The number of methoxy groups -OCH3 is 1. The van der Waals surface area contributed by atoms with Crippen LogP contribution in [0.4, 0.5) is 0 Å². The van der Waals surface area contributed by atoms with Crippen molar-refractivity contribution < 1.29 is 14.3 Å². The molecule has 1 amide bonds. The Balaban J connectivity index is 1.89. The summed E-state index contributed by atoms with van der Waals surface area (Å²) in [5.41, 5.74) is 2.27. The Bertz CT molecular complexity index is 753. The minimum Gasteiger partial charge on any atom is -0.493 e. The maximum atomic E-state index is 11.5. The third-order valence-electron chi connectivity index (χ3n) is 3.89. The van der Waals surface area contributed by atoms with E-state index in [0.29, 0.717) is 24.6 Å². The molecule has 0 aliphatic heterocycles. The number of amides is 1. The molecule has 27 heavy (non-hydrogen) atoms. The Kier molecular flexibility index (Phi) is 7.62.